The highest BCUT2D eigenvalue weighted by molar-refractivity contribution is 5.88. The van der Waals surface area contributed by atoms with Crippen LogP contribution in [-0.2, 0) is 6.54 Å². The van der Waals surface area contributed by atoms with Crippen LogP contribution in [0.1, 0.15) is 15.9 Å². The highest BCUT2D eigenvalue weighted by atomic mass is 19.1. The predicted octanol–water partition coefficient (Wildman–Crippen LogP) is 2.11. The van der Waals surface area contributed by atoms with Crippen molar-refractivity contribution in [3.05, 3.63) is 64.0 Å². The molecule has 6 nitrogen and oxygen atoms in total. The van der Waals surface area contributed by atoms with E-state index in [2.05, 4.69) is 5.92 Å². The van der Waals surface area contributed by atoms with Crippen LogP contribution in [0.3, 0.4) is 0 Å². The largest absolute Gasteiger partial charge is 0.477 e. The molecule has 0 fully saturated rings. The van der Waals surface area contributed by atoms with Gasteiger partial charge in [0.05, 0.1) is 6.54 Å². The first-order valence-electron chi connectivity index (χ1n) is 7.09. The highest BCUT2D eigenvalue weighted by Gasteiger charge is 2.21. The molecule has 7 heteroatoms. The number of hydrogen-bond donors (Lipinski definition) is 1. The molecule has 2 heterocycles. The molecule has 3 rings (SSSR count). The number of carboxylic acid groups (broad SMARTS) is 1. The number of carbonyl (C=O) groups is 1. The number of halogens is 1. The second kappa shape index (κ2) is 5.99. The molecule has 1 aromatic carbocycles. The van der Waals surface area contributed by atoms with Crippen LogP contribution in [0.4, 0.5) is 4.39 Å². The van der Waals surface area contributed by atoms with Crippen molar-refractivity contribution in [2.24, 2.45) is 0 Å². The molecule has 0 radical (unpaired) electrons. The number of rotatable bonds is 3. The Morgan fingerprint density at radius 3 is 2.52 bits per heavy atom. The molecule has 25 heavy (non-hydrogen) atoms. The second-order valence-electron chi connectivity index (χ2n) is 5.22. The zero-order valence-corrected chi connectivity index (χ0v) is 12.7. The molecule has 0 bridgehead atoms. The van der Waals surface area contributed by atoms with E-state index in [1.165, 1.54) is 35.0 Å². The summed E-state index contributed by atoms with van der Waals surface area (Å²) in [5, 5.41) is 18.8. The summed E-state index contributed by atoms with van der Waals surface area (Å²) in [7, 11) is 0. The molecule has 0 aliphatic carbocycles. The third-order valence-corrected chi connectivity index (χ3v) is 3.74. The van der Waals surface area contributed by atoms with E-state index < -0.39 is 22.9 Å². The summed E-state index contributed by atoms with van der Waals surface area (Å²) >= 11 is 0. The Hall–Kier alpha value is -3.84. The summed E-state index contributed by atoms with van der Waals surface area (Å²) < 4.78 is 15.6. The monoisotopic (exact) mass is 335 g/mol. The lowest BCUT2D eigenvalue weighted by Crippen LogP contribution is -2.24. The zero-order chi connectivity index (χ0) is 18.1. The minimum Gasteiger partial charge on any atom is -0.477 e. The van der Waals surface area contributed by atoms with Crippen LogP contribution in [0.15, 0.2) is 41.5 Å². The van der Waals surface area contributed by atoms with Gasteiger partial charge in [-0.15, -0.1) is 6.42 Å². The number of terminal acetylenes is 1. The summed E-state index contributed by atoms with van der Waals surface area (Å²) in [6.45, 7) is -0.0222. The van der Waals surface area contributed by atoms with Gasteiger partial charge in [-0.1, -0.05) is 18.1 Å². The maximum atomic E-state index is 13.1. The van der Waals surface area contributed by atoms with Crippen molar-refractivity contribution in [2.75, 3.05) is 0 Å². The van der Waals surface area contributed by atoms with E-state index in [-0.39, 0.29) is 17.8 Å². The van der Waals surface area contributed by atoms with Crippen molar-refractivity contribution in [1.82, 2.24) is 8.97 Å². The van der Waals surface area contributed by atoms with E-state index in [9.17, 15) is 24.3 Å². The lowest BCUT2D eigenvalue weighted by atomic mass is 10.1. The number of aromatic nitrogens is 2. The minimum absolute atomic E-state index is 0.0222. The topological polar surface area (TPSA) is 87.5 Å². The van der Waals surface area contributed by atoms with Crippen molar-refractivity contribution in [1.29, 1.82) is 5.26 Å². The molecule has 0 aliphatic rings. The molecular formula is C18H10FN3O3. The van der Waals surface area contributed by atoms with Crippen LogP contribution in [0.25, 0.3) is 16.8 Å². The average Bonchev–Trinajstić information content (AvgIpc) is 2.98. The smallest absolute Gasteiger partial charge is 0.342 e. The molecule has 3 aromatic rings. The molecule has 0 spiro atoms. The van der Waals surface area contributed by atoms with Crippen molar-refractivity contribution < 1.29 is 14.3 Å². The quantitative estimate of drug-likeness (QED) is 0.743. The van der Waals surface area contributed by atoms with Crippen LogP contribution in [0, 0.1) is 29.5 Å². The van der Waals surface area contributed by atoms with Crippen LogP contribution in [-0.4, -0.2) is 20.0 Å². The zero-order valence-electron chi connectivity index (χ0n) is 12.7. The fraction of sp³-hybridized carbons (Fsp3) is 0.0556. The predicted molar refractivity (Wildman–Crippen MR) is 87.6 cm³/mol. The van der Waals surface area contributed by atoms with E-state index >= 15 is 0 Å². The Morgan fingerprint density at radius 2 is 1.96 bits per heavy atom. The van der Waals surface area contributed by atoms with Gasteiger partial charge in [0.15, 0.2) is 0 Å². The summed E-state index contributed by atoms with van der Waals surface area (Å²) in [5.74, 6) is 0.531. The van der Waals surface area contributed by atoms with Gasteiger partial charge >= 0.3 is 5.97 Å². The Morgan fingerprint density at radius 1 is 1.28 bits per heavy atom. The first-order chi connectivity index (χ1) is 12.0. The molecular weight excluding hydrogens is 325 g/mol. The molecule has 0 atom stereocenters. The lowest BCUT2D eigenvalue weighted by Gasteiger charge is -2.08. The van der Waals surface area contributed by atoms with Gasteiger partial charge in [0, 0.05) is 18.0 Å². The van der Waals surface area contributed by atoms with Crippen molar-refractivity contribution in [3.8, 4) is 29.5 Å². The SMILES string of the molecule is C#CCn1cc(C(=O)O)c(=O)n2cc(-c3ccc(F)cc3)c(C#N)c12. The third kappa shape index (κ3) is 2.54. The van der Waals surface area contributed by atoms with E-state index in [1.807, 2.05) is 6.07 Å². The standard InChI is InChI=1S/C18H10FN3O3/c1-2-7-21-9-15(18(24)25)17(23)22-10-14(13(8-20)16(21)22)11-3-5-12(19)6-4-11/h1,3-6,9-10H,7H2,(H,24,25). The Labute approximate surface area is 141 Å². The van der Waals surface area contributed by atoms with Gasteiger partial charge in [-0.05, 0) is 17.7 Å². The molecule has 0 saturated carbocycles. The van der Waals surface area contributed by atoms with Gasteiger partial charge in [0.2, 0.25) is 0 Å². The fourth-order valence-corrected chi connectivity index (χ4v) is 2.66. The summed E-state index contributed by atoms with van der Waals surface area (Å²) in [5.41, 5.74) is -0.00251. The Balaban J connectivity index is 2.45. The molecule has 1 N–H and O–H groups in total. The molecule has 0 amide bonds. The summed E-state index contributed by atoms with van der Waals surface area (Å²) in [6.07, 6.45) is 7.80. The third-order valence-electron chi connectivity index (χ3n) is 3.74. The van der Waals surface area contributed by atoms with Gasteiger partial charge in [-0.3, -0.25) is 9.20 Å². The van der Waals surface area contributed by atoms with Gasteiger partial charge in [0.25, 0.3) is 5.56 Å². The number of nitriles is 1. The Bertz CT molecular complexity index is 1140. The van der Waals surface area contributed by atoms with Crippen molar-refractivity contribution in [2.45, 2.75) is 6.54 Å². The average molecular weight is 335 g/mol. The first kappa shape index (κ1) is 16.0. The lowest BCUT2D eigenvalue weighted by molar-refractivity contribution is 0.0693. The highest BCUT2D eigenvalue weighted by Crippen LogP contribution is 2.28. The van der Waals surface area contributed by atoms with Crippen LogP contribution < -0.4 is 5.56 Å². The number of nitrogens with zero attached hydrogens (tertiary/aromatic N) is 3. The van der Waals surface area contributed by atoms with Crippen molar-refractivity contribution >= 4 is 11.6 Å². The number of carboxylic acids is 1. The number of hydrogen-bond acceptors (Lipinski definition) is 3. The molecule has 2 aromatic heterocycles. The van der Waals surface area contributed by atoms with Crippen molar-refractivity contribution in [3.63, 3.8) is 0 Å². The summed E-state index contributed by atoms with van der Waals surface area (Å²) in [6, 6.07) is 7.42. The van der Waals surface area contributed by atoms with Gasteiger partial charge in [-0.25, -0.2) is 9.18 Å². The second-order valence-corrected chi connectivity index (χ2v) is 5.22. The number of aromatic carboxylic acids is 1. The van der Waals surface area contributed by atoms with Crippen LogP contribution in [0.2, 0.25) is 0 Å². The maximum Gasteiger partial charge on any atom is 0.342 e. The molecule has 0 aliphatic heterocycles. The Kier molecular flexibility index (Phi) is 3.84. The summed E-state index contributed by atoms with van der Waals surface area (Å²) in [4.78, 5) is 23.7. The number of fused-ring (bicyclic) bond motifs is 1. The van der Waals surface area contributed by atoms with Crippen LogP contribution in [0.5, 0.6) is 0 Å². The maximum absolute atomic E-state index is 13.1. The first-order valence-corrected chi connectivity index (χ1v) is 7.09. The van der Waals surface area contributed by atoms with Gasteiger partial charge < -0.3 is 9.67 Å². The minimum atomic E-state index is -1.40. The number of benzene rings is 1. The van der Waals surface area contributed by atoms with E-state index in [0.717, 1.165) is 10.6 Å². The van der Waals surface area contributed by atoms with Gasteiger partial charge in [0.1, 0.15) is 28.7 Å². The molecule has 0 saturated heterocycles. The van der Waals surface area contributed by atoms with E-state index in [1.54, 1.807) is 0 Å². The van der Waals surface area contributed by atoms with E-state index in [4.69, 9.17) is 6.42 Å². The van der Waals surface area contributed by atoms with E-state index in [0.29, 0.717) is 11.1 Å². The van der Waals surface area contributed by atoms with Gasteiger partial charge in [-0.2, -0.15) is 5.26 Å². The fourth-order valence-electron chi connectivity index (χ4n) is 2.66. The van der Waals surface area contributed by atoms with Crippen LogP contribution >= 0.6 is 0 Å². The normalized spacial score (nSPS) is 10.4. The molecule has 0 unspecified atom stereocenters. The molecule has 122 valence electrons.